The lowest BCUT2D eigenvalue weighted by Crippen LogP contribution is -2.43. The molecule has 6 rings (SSSR count). The minimum absolute atomic E-state index is 0.126. The lowest BCUT2D eigenvalue weighted by molar-refractivity contribution is -0.137. The molecular weight excluding hydrogens is 550 g/mol. The number of ether oxygens (including phenoxy) is 3. The van der Waals surface area contributed by atoms with Gasteiger partial charge in [-0.3, -0.25) is 9.59 Å². The number of anilines is 1. The van der Waals surface area contributed by atoms with Gasteiger partial charge in [0.15, 0.2) is 12.4 Å². The van der Waals surface area contributed by atoms with Crippen LogP contribution in [-0.4, -0.2) is 80.8 Å². The van der Waals surface area contributed by atoms with Crippen LogP contribution in [-0.2, 0) is 9.53 Å². The van der Waals surface area contributed by atoms with Gasteiger partial charge in [-0.15, -0.1) is 0 Å². The molecule has 5 aromatic rings. The van der Waals surface area contributed by atoms with Crippen LogP contribution in [0.2, 0.25) is 0 Å². The Morgan fingerprint density at radius 1 is 1.02 bits per heavy atom. The molecule has 0 N–H and O–H groups in total. The fraction of sp³-hybridized carbons (Fsp3) is 0.250. The third kappa shape index (κ3) is 5.67. The summed E-state index contributed by atoms with van der Waals surface area (Å²) in [5.74, 6) is 1.55. The molecule has 1 aliphatic heterocycles. The van der Waals surface area contributed by atoms with Crippen molar-refractivity contribution in [1.29, 1.82) is 0 Å². The van der Waals surface area contributed by atoms with E-state index in [1.54, 1.807) is 36.3 Å². The fourth-order valence-electron chi connectivity index (χ4n) is 4.91. The van der Waals surface area contributed by atoms with Crippen molar-refractivity contribution in [3.8, 4) is 23.1 Å². The molecule has 43 heavy (non-hydrogen) atoms. The standard InChI is InChI=1S/C32H31N5O6/c1-35(2)22-12-11-21(28(17-22)42-20-30(38)36-13-15-41-16-14-36)19-33-37-31(34-25-8-5-4-7-23(25)32(37)39)29-18-24-26(40-3)9-6-10-27(24)43-29/h4-12,17-19H,13-16,20H2,1-3H3. The highest BCUT2D eigenvalue weighted by Crippen LogP contribution is 2.33. The molecule has 11 heteroatoms. The van der Waals surface area contributed by atoms with E-state index in [0.29, 0.717) is 65.6 Å². The maximum atomic E-state index is 13.7. The second-order valence-corrected chi connectivity index (χ2v) is 10.2. The predicted molar refractivity (Wildman–Crippen MR) is 164 cm³/mol. The number of morpholine rings is 1. The molecule has 11 nitrogen and oxygen atoms in total. The molecule has 1 fully saturated rings. The average molecular weight is 582 g/mol. The van der Waals surface area contributed by atoms with E-state index < -0.39 is 0 Å². The molecule has 220 valence electrons. The number of carbonyl (C=O) groups excluding carboxylic acids is 1. The van der Waals surface area contributed by atoms with Crippen molar-refractivity contribution >= 4 is 39.7 Å². The van der Waals surface area contributed by atoms with Crippen LogP contribution < -0.4 is 19.9 Å². The number of methoxy groups -OCH3 is 1. The number of para-hydroxylation sites is 1. The largest absolute Gasteiger partial charge is 0.496 e. The summed E-state index contributed by atoms with van der Waals surface area (Å²) in [4.78, 5) is 35.0. The molecule has 0 spiro atoms. The molecule has 0 aliphatic carbocycles. The number of rotatable bonds is 8. The van der Waals surface area contributed by atoms with Gasteiger partial charge < -0.3 is 28.4 Å². The van der Waals surface area contributed by atoms with E-state index in [-0.39, 0.29) is 23.9 Å². The number of hydrogen-bond acceptors (Lipinski definition) is 9. The molecule has 0 bridgehead atoms. The van der Waals surface area contributed by atoms with Gasteiger partial charge in [-0.2, -0.15) is 9.78 Å². The molecule has 0 radical (unpaired) electrons. The Balaban J connectivity index is 1.41. The molecule has 2 aromatic heterocycles. The average Bonchev–Trinajstić information content (AvgIpc) is 3.48. The van der Waals surface area contributed by atoms with Crippen molar-refractivity contribution in [3.63, 3.8) is 0 Å². The summed E-state index contributed by atoms with van der Waals surface area (Å²) < 4.78 is 24.2. The highest BCUT2D eigenvalue weighted by Gasteiger charge is 2.20. The first-order chi connectivity index (χ1) is 20.9. The summed E-state index contributed by atoms with van der Waals surface area (Å²) in [6.45, 7) is 1.94. The summed E-state index contributed by atoms with van der Waals surface area (Å²) in [6.07, 6.45) is 1.53. The van der Waals surface area contributed by atoms with Gasteiger partial charge in [0.05, 0.1) is 42.8 Å². The van der Waals surface area contributed by atoms with E-state index >= 15 is 0 Å². The summed E-state index contributed by atoms with van der Waals surface area (Å²) in [6, 6.07) is 19.9. The smallest absolute Gasteiger partial charge is 0.282 e. The number of aromatic nitrogens is 2. The summed E-state index contributed by atoms with van der Waals surface area (Å²) in [5, 5.41) is 5.75. The lowest BCUT2D eigenvalue weighted by atomic mass is 10.2. The first kappa shape index (κ1) is 28.0. The number of hydrogen-bond donors (Lipinski definition) is 0. The van der Waals surface area contributed by atoms with Gasteiger partial charge in [0.25, 0.3) is 11.5 Å². The van der Waals surface area contributed by atoms with Crippen LogP contribution in [0.1, 0.15) is 5.56 Å². The van der Waals surface area contributed by atoms with Crippen LogP contribution >= 0.6 is 0 Å². The Hall–Kier alpha value is -5.16. The van der Waals surface area contributed by atoms with Crippen molar-refractivity contribution in [2.45, 2.75) is 0 Å². The Morgan fingerprint density at radius 2 is 1.84 bits per heavy atom. The maximum Gasteiger partial charge on any atom is 0.282 e. The maximum absolute atomic E-state index is 13.7. The lowest BCUT2D eigenvalue weighted by Gasteiger charge is -2.27. The highest BCUT2D eigenvalue weighted by atomic mass is 16.5. The second-order valence-electron chi connectivity index (χ2n) is 10.2. The molecule has 0 atom stereocenters. The molecule has 1 amide bonds. The van der Waals surface area contributed by atoms with E-state index in [9.17, 15) is 9.59 Å². The zero-order valence-electron chi connectivity index (χ0n) is 24.1. The van der Waals surface area contributed by atoms with E-state index in [0.717, 1.165) is 11.1 Å². The summed E-state index contributed by atoms with van der Waals surface area (Å²) >= 11 is 0. The van der Waals surface area contributed by atoms with E-state index in [4.69, 9.17) is 23.6 Å². The Labute approximate surface area is 247 Å². The van der Waals surface area contributed by atoms with E-state index in [1.807, 2.05) is 61.5 Å². The normalized spacial score (nSPS) is 13.6. The van der Waals surface area contributed by atoms with Crippen molar-refractivity contribution in [3.05, 3.63) is 82.6 Å². The zero-order chi connectivity index (χ0) is 29.9. The summed E-state index contributed by atoms with van der Waals surface area (Å²) in [7, 11) is 5.42. The van der Waals surface area contributed by atoms with Crippen LogP contribution in [0.5, 0.6) is 11.5 Å². The monoisotopic (exact) mass is 581 g/mol. The van der Waals surface area contributed by atoms with Crippen molar-refractivity contribution in [2.75, 3.05) is 59.0 Å². The zero-order valence-corrected chi connectivity index (χ0v) is 24.1. The molecular formula is C32H31N5O6. The van der Waals surface area contributed by atoms with Gasteiger partial charge in [0, 0.05) is 44.5 Å². The van der Waals surface area contributed by atoms with Gasteiger partial charge in [-0.25, -0.2) is 4.98 Å². The molecule has 3 heterocycles. The number of amides is 1. The van der Waals surface area contributed by atoms with Gasteiger partial charge in [-0.05, 0) is 42.5 Å². The van der Waals surface area contributed by atoms with Gasteiger partial charge in [0.1, 0.15) is 17.1 Å². The van der Waals surface area contributed by atoms with Crippen molar-refractivity contribution in [2.24, 2.45) is 5.10 Å². The number of fused-ring (bicyclic) bond motifs is 2. The topological polar surface area (TPSA) is 112 Å². The third-order valence-electron chi connectivity index (χ3n) is 7.26. The molecule has 0 saturated carbocycles. The van der Waals surface area contributed by atoms with Crippen molar-refractivity contribution < 1.29 is 23.4 Å². The Kier molecular flexibility index (Phi) is 7.80. The quantitative estimate of drug-likeness (QED) is 0.253. The Bertz CT molecular complexity index is 1890. The van der Waals surface area contributed by atoms with Crippen LogP contribution in [0, 0.1) is 0 Å². The number of furan rings is 1. The van der Waals surface area contributed by atoms with Crippen LogP contribution in [0.3, 0.4) is 0 Å². The second kappa shape index (κ2) is 12.0. The molecule has 0 unspecified atom stereocenters. The molecule has 1 saturated heterocycles. The number of carbonyl (C=O) groups is 1. The SMILES string of the molecule is COc1cccc2oc(-c3nc4ccccc4c(=O)n3N=Cc3ccc(N(C)C)cc3OCC(=O)N3CCOCC3)cc12. The van der Waals surface area contributed by atoms with Crippen LogP contribution in [0.25, 0.3) is 33.5 Å². The summed E-state index contributed by atoms with van der Waals surface area (Å²) in [5.41, 5.74) is 2.21. The first-order valence-corrected chi connectivity index (χ1v) is 13.9. The fourth-order valence-corrected chi connectivity index (χ4v) is 4.91. The number of nitrogens with zero attached hydrogens (tertiary/aromatic N) is 5. The minimum atomic E-state index is -0.362. The van der Waals surface area contributed by atoms with Gasteiger partial charge >= 0.3 is 0 Å². The van der Waals surface area contributed by atoms with Crippen LogP contribution in [0.4, 0.5) is 5.69 Å². The highest BCUT2D eigenvalue weighted by molar-refractivity contribution is 5.89. The minimum Gasteiger partial charge on any atom is -0.496 e. The first-order valence-electron chi connectivity index (χ1n) is 13.9. The van der Waals surface area contributed by atoms with Gasteiger partial charge in [0.2, 0.25) is 5.82 Å². The van der Waals surface area contributed by atoms with Crippen molar-refractivity contribution in [1.82, 2.24) is 14.6 Å². The molecule has 1 aliphatic rings. The van der Waals surface area contributed by atoms with E-state index in [2.05, 4.69) is 5.10 Å². The third-order valence-corrected chi connectivity index (χ3v) is 7.26. The van der Waals surface area contributed by atoms with Gasteiger partial charge in [-0.1, -0.05) is 18.2 Å². The number of benzene rings is 3. The Morgan fingerprint density at radius 3 is 2.63 bits per heavy atom. The molecule has 3 aromatic carbocycles. The van der Waals surface area contributed by atoms with E-state index in [1.165, 1.54) is 10.9 Å². The predicted octanol–water partition coefficient (Wildman–Crippen LogP) is 4.00. The van der Waals surface area contributed by atoms with Crippen LogP contribution in [0.15, 0.2) is 81.0 Å².